The number of ether oxygens (including phenoxy) is 1. The van der Waals surface area contributed by atoms with Crippen molar-refractivity contribution >= 4 is 15.9 Å². The van der Waals surface area contributed by atoms with Crippen LogP contribution in [0.5, 0.6) is 11.5 Å². The fraction of sp³-hybridized carbons (Fsp3) is 0.312. The van der Waals surface area contributed by atoms with Gasteiger partial charge in [-0.1, -0.05) is 0 Å². The highest BCUT2D eigenvalue weighted by Crippen LogP contribution is 2.32. The topological polar surface area (TPSA) is 34.1 Å². The van der Waals surface area contributed by atoms with Crippen LogP contribution in [0.15, 0.2) is 34.9 Å². The first-order valence-electron chi connectivity index (χ1n) is 6.93. The Balaban J connectivity index is 1.85. The van der Waals surface area contributed by atoms with Gasteiger partial charge in [0, 0.05) is 42.2 Å². The number of rotatable bonds is 5. The van der Waals surface area contributed by atoms with E-state index in [0.717, 1.165) is 15.7 Å². The monoisotopic (exact) mass is 350 g/mol. The highest BCUT2D eigenvalue weighted by Gasteiger charge is 2.21. The molecule has 0 bridgehead atoms. The van der Waals surface area contributed by atoms with Gasteiger partial charge in [0.25, 0.3) is 0 Å². The van der Waals surface area contributed by atoms with Gasteiger partial charge in [0.1, 0.15) is 17.3 Å². The van der Waals surface area contributed by atoms with Gasteiger partial charge in [-0.05, 0) is 47.8 Å². The van der Waals surface area contributed by atoms with E-state index in [4.69, 9.17) is 4.74 Å². The molecular formula is C16H16BrFN2O. The van der Waals surface area contributed by atoms with Crippen LogP contribution in [-0.4, -0.2) is 11.0 Å². The molecule has 1 aliphatic carbocycles. The Labute approximate surface area is 131 Å². The minimum atomic E-state index is -0.323. The van der Waals surface area contributed by atoms with Crippen LogP contribution in [0.3, 0.4) is 0 Å². The maximum atomic E-state index is 13.4. The number of nitrogens with zero attached hydrogens (tertiary/aromatic N) is 1. The van der Waals surface area contributed by atoms with Crippen molar-refractivity contribution in [2.75, 3.05) is 0 Å². The molecule has 1 aromatic carbocycles. The van der Waals surface area contributed by atoms with Crippen LogP contribution in [0.1, 0.15) is 24.1 Å². The van der Waals surface area contributed by atoms with Crippen LogP contribution in [0, 0.1) is 12.7 Å². The van der Waals surface area contributed by atoms with E-state index in [-0.39, 0.29) is 5.82 Å². The van der Waals surface area contributed by atoms with Crippen molar-refractivity contribution in [2.24, 2.45) is 0 Å². The Morgan fingerprint density at radius 1 is 1.33 bits per heavy atom. The van der Waals surface area contributed by atoms with E-state index >= 15 is 0 Å². The third kappa shape index (κ3) is 3.80. The van der Waals surface area contributed by atoms with Gasteiger partial charge in [-0.2, -0.15) is 0 Å². The Morgan fingerprint density at radius 2 is 2.14 bits per heavy atom. The first-order valence-corrected chi connectivity index (χ1v) is 7.73. The second-order valence-electron chi connectivity index (χ2n) is 5.27. The maximum Gasteiger partial charge on any atom is 0.144 e. The zero-order valence-electron chi connectivity index (χ0n) is 11.7. The van der Waals surface area contributed by atoms with Crippen molar-refractivity contribution in [3.05, 3.63) is 52.0 Å². The highest BCUT2D eigenvalue weighted by atomic mass is 79.9. The summed E-state index contributed by atoms with van der Waals surface area (Å²) in [6, 6.07) is 6.89. The van der Waals surface area contributed by atoms with Crippen molar-refractivity contribution in [3.8, 4) is 11.5 Å². The number of benzene rings is 1. The molecule has 0 amide bonds. The molecule has 1 saturated carbocycles. The lowest BCUT2D eigenvalue weighted by Gasteiger charge is -2.13. The first kappa shape index (κ1) is 14.5. The molecule has 3 rings (SSSR count). The normalized spacial score (nSPS) is 14.2. The Hall–Kier alpha value is -1.46. The molecule has 1 aromatic heterocycles. The molecule has 1 fully saturated rings. The lowest BCUT2D eigenvalue weighted by Crippen LogP contribution is -2.16. The molecule has 0 unspecified atom stereocenters. The van der Waals surface area contributed by atoms with Crippen LogP contribution in [-0.2, 0) is 6.54 Å². The molecule has 110 valence electrons. The average molecular weight is 351 g/mol. The van der Waals surface area contributed by atoms with Crippen molar-refractivity contribution < 1.29 is 9.13 Å². The van der Waals surface area contributed by atoms with Crippen molar-refractivity contribution in [1.29, 1.82) is 0 Å². The number of nitrogens with one attached hydrogen (secondary N) is 1. The van der Waals surface area contributed by atoms with E-state index in [2.05, 4.69) is 26.2 Å². The second-order valence-corrected chi connectivity index (χ2v) is 6.12. The third-order valence-electron chi connectivity index (χ3n) is 3.35. The summed E-state index contributed by atoms with van der Waals surface area (Å²) < 4.78 is 20.0. The Bertz CT molecular complexity index is 659. The van der Waals surface area contributed by atoms with Crippen molar-refractivity contribution in [1.82, 2.24) is 10.3 Å². The van der Waals surface area contributed by atoms with E-state index < -0.39 is 0 Å². The molecule has 3 nitrogen and oxygen atoms in total. The molecule has 0 atom stereocenters. The number of hydrogen-bond acceptors (Lipinski definition) is 3. The predicted molar refractivity (Wildman–Crippen MR) is 83.0 cm³/mol. The number of pyridine rings is 1. The van der Waals surface area contributed by atoms with Crippen LogP contribution < -0.4 is 10.1 Å². The lowest BCUT2D eigenvalue weighted by molar-refractivity contribution is 0.463. The van der Waals surface area contributed by atoms with Gasteiger partial charge >= 0.3 is 0 Å². The summed E-state index contributed by atoms with van der Waals surface area (Å²) in [5.41, 5.74) is 1.84. The van der Waals surface area contributed by atoms with E-state index in [9.17, 15) is 4.39 Å². The van der Waals surface area contributed by atoms with Crippen LogP contribution in [0.25, 0.3) is 0 Å². The summed E-state index contributed by atoms with van der Waals surface area (Å²) in [7, 11) is 0. The molecule has 1 heterocycles. The molecule has 0 radical (unpaired) electrons. The minimum Gasteiger partial charge on any atom is -0.456 e. The molecule has 0 aliphatic heterocycles. The number of halogens is 2. The maximum absolute atomic E-state index is 13.4. The highest BCUT2D eigenvalue weighted by molar-refractivity contribution is 9.10. The Kier molecular flexibility index (Phi) is 4.22. The number of aromatic nitrogens is 1. The van der Waals surface area contributed by atoms with Gasteiger partial charge in [-0.3, -0.25) is 4.98 Å². The summed E-state index contributed by atoms with van der Waals surface area (Å²) in [5.74, 6) is 0.854. The smallest absolute Gasteiger partial charge is 0.144 e. The summed E-state index contributed by atoms with van der Waals surface area (Å²) in [4.78, 5) is 4.31. The Morgan fingerprint density at radius 3 is 2.90 bits per heavy atom. The standard InChI is InChI=1S/C16H16BrFN2O/c1-10-6-15(11(8-19-10)9-20-13-3-4-13)21-16-7-12(18)2-5-14(16)17/h2,5-8,13,20H,3-4,9H2,1H3. The minimum absolute atomic E-state index is 0.323. The van der Waals surface area contributed by atoms with Crippen molar-refractivity contribution in [2.45, 2.75) is 32.4 Å². The number of hydrogen-bond donors (Lipinski definition) is 1. The van der Waals surface area contributed by atoms with Gasteiger partial charge in [-0.25, -0.2) is 4.39 Å². The first-order chi connectivity index (χ1) is 10.1. The molecule has 21 heavy (non-hydrogen) atoms. The zero-order chi connectivity index (χ0) is 14.8. The van der Waals surface area contributed by atoms with Crippen LogP contribution >= 0.6 is 15.9 Å². The van der Waals surface area contributed by atoms with Crippen LogP contribution in [0.2, 0.25) is 0 Å². The van der Waals surface area contributed by atoms with E-state index in [1.807, 2.05) is 19.2 Å². The van der Waals surface area contributed by atoms with E-state index in [1.54, 1.807) is 6.07 Å². The zero-order valence-corrected chi connectivity index (χ0v) is 13.3. The van der Waals surface area contributed by atoms with E-state index in [0.29, 0.717) is 24.1 Å². The van der Waals surface area contributed by atoms with Gasteiger partial charge in [0.2, 0.25) is 0 Å². The largest absolute Gasteiger partial charge is 0.456 e. The fourth-order valence-electron chi connectivity index (χ4n) is 2.01. The molecule has 1 aliphatic rings. The van der Waals surface area contributed by atoms with Gasteiger partial charge in [0.15, 0.2) is 0 Å². The average Bonchev–Trinajstić information content (AvgIpc) is 3.26. The van der Waals surface area contributed by atoms with Gasteiger partial charge in [-0.15, -0.1) is 0 Å². The summed E-state index contributed by atoms with van der Waals surface area (Å²) in [6.07, 6.45) is 4.27. The molecule has 1 N–H and O–H groups in total. The predicted octanol–water partition coefficient (Wildman–Crippen LogP) is 4.34. The SMILES string of the molecule is Cc1cc(Oc2cc(F)ccc2Br)c(CNC2CC2)cn1. The summed E-state index contributed by atoms with van der Waals surface area (Å²) >= 11 is 3.38. The second kappa shape index (κ2) is 6.12. The van der Waals surface area contributed by atoms with Crippen LogP contribution in [0.4, 0.5) is 4.39 Å². The molecule has 0 saturated heterocycles. The quantitative estimate of drug-likeness (QED) is 0.870. The molecule has 2 aromatic rings. The molecule has 0 spiro atoms. The summed E-state index contributed by atoms with van der Waals surface area (Å²) in [5, 5.41) is 3.44. The van der Waals surface area contributed by atoms with Gasteiger partial charge in [0.05, 0.1) is 4.47 Å². The fourth-order valence-corrected chi connectivity index (χ4v) is 2.33. The third-order valence-corrected chi connectivity index (χ3v) is 4.01. The lowest BCUT2D eigenvalue weighted by atomic mass is 10.2. The molecular weight excluding hydrogens is 335 g/mol. The summed E-state index contributed by atoms with van der Waals surface area (Å²) in [6.45, 7) is 2.62. The van der Waals surface area contributed by atoms with E-state index in [1.165, 1.54) is 25.0 Å². The number of aryl methyl sites for hydroxylation is 1. The van der Waals surface area contributed by atoms with Crippen molar-refractivity contribution in [3.63, 3.8) is 0 Å². The molecule has 5 heteroatoms. The van der Waals surface area contributed by atoms with Gasteiger partial charge < -0.3 is 10.1 Å².